The van der Waals surface area contributed by atoms with Gasteiger partial charge in [-0.3, -0.25) is 4.57 Å². The highest BCUT2D eigenvalue weighted by Gasteiger charge is 2.47. The molecular weight excluding hydrogens is 378 g/mol. The molecule has 11 nitrogen and oxygen atoms in total. The molecule has 0 amide bonds. The SMILES string of the molecule is CC(C)c1noc([C@H]2O[C@@H](n3cnc4c(NCC5CC5)ncnc43)[C@H](O)[C@@H]2O)n1. The van der Waals surface area contributed by atoms with Gasteiger partial charge >= 0.3 is 0 Å². The zero-order chi connectivity index (χ0) is 20.1. The van der Waals surface area contributed by atoms with E-state index < -0.39 is 24.5 Å². The second-order valence-corrected chi connectivity index (χ2v) is 7.94. The van der Waals surface area contributed by atoms with Gasteiger partial charge < -0.3 is 24.8 Å². The molecule has 2 fully saturated rings. The molecule has 4 atom stereocenters. The first-order chi connectivity index (χ1) is 14.0. The van der Waals surface area contributed by atoms with Crippen molar-refractivity contribution < 1.29 is 19.5 Å². The van der Waals surface area contributed by atoms with E-state index in [2.05, 4.69) is 30.4 Å². The Bertz CT molecular complexity index is 1010. The maximum absolute atomic E-state index is 10.6. The molecule has 4 heterocycles. The molecule has 2 aliphatic rings. The van der Waals surface area contributed by atoms with Gasteiger partial charge in [0.15, 0.2) is 35.1 Å². The molecule has 3 aromatic rings. The van der Waals surface area contributed by atoms with E-state index in [1.807, 2.05) is 13.8 Å². The van der Waals surface area contributed by atoms with Crippen LogP contribution in [0, 0.1) is 5.92 Å². The largest absolute Gasteiger partial charge is 0.387 e. The standard InChI is InChI=1S/C18H23N7O4/c1-8(2)14-23-17(29-24-14)13-11(26)12(27)18(28-13)25-7-22-10-15(19-5-9-3-4-9)20-6-21-16(10)25/h6-9,11-13,18,26-27H,3-5H2,1-2H3,(H,19,20,21)/t11-,12+,13-,18+/m0/s1. The number of anilines is 1. The Hall–Kier alpha value is -2.63. The maximum atomic E-state index is 10.6. The highest BCUT2D eigenvalue weighted by molar-refractivity contribution is 5.82. The molecule has 0 aromatic carbocycles. The number of hydrogen-bond donors (Lipinski definition) is 3. The van der Waals surface area contributed by atoms with Gasteiger partial charge in [0.1, 0.15) is 18.5 Å². The Morgan fingerprint density at radius 1 is 1.21 bits per heavy atom. The van der Waals surface area contributed by atoms with E-state index in [1.54, 1.807) is 4.57 Å². The van der Waals surface area contributed by atoms with E-state index in [9.17, 15) is 10.2 Å². The van der Waals surface area contributed by atoms with Crippen LogP contribution in [-0.2, 0) is 4.74 Å². The molecule has 3 aromatic heterocycles. The molecule has 1 saturated carbocycles. The van der Waals surface area contributed by atoms with Crippen LogP contribution in [0.4, 0.5) is 5.82 Å². The van der Waals surface area contributed by atoms with Crippen molar-refractivity contribution in [2.75, 3.05) is 11.9 Å². The highest BCUT2D eigenvalue weighted by atomic mass is 16.6. The Morgan fingerprint density at radius 2 is 2.03 bits per heavy atom. The van der Waals surface area contributed by atoms with Gasteiger partial charge in [0.2, 0.25) is 0 Å². The van der Waals surface area contributed by atoms with Crippen molar-refractivity contribution in [3.63, 3.8) is 0 Å². The lowest BCUT2D eigenvalue weighted by Gasteiger charge is -2.16. The fraction of sp³-hybridized carbons (Fsp3) is 0.611. The second-order valence-electron chi connectivity index (χ2n) is 7.94. The van der Waals surface area contributed by atoms with Crippen molar-refractivity contribution in [3.8, 4) is 0 Å². The first-order valence-electron chi connectivity index (χ1n) is 9.79. The third-order valence-corrected chi connectivity index (χ3v) is 5.34. The van der Waals surface area contributed by atoms with E-state index in [1.165, 1.54) is 25.5 Å². The summed E-state index contributed by atoms with van der Waals surface area (Å²) in [6, 6.07) is 0. The molecule has 5 rings (SSSR count). The quantitative estimate of drug-likeness (QED) is 0.550. The number of aromatic nitrogens is 6. The van der Waals surface area contributed by atoms with E-state index >= 15 is 0 Å². The lowest BCUT2D eigenvalue weighted by molar-refractivity contribution is -0.0451. The summed E-state index contributed by atoms with van der Waals surface area (Å²) in [5.74, 6) is 2.05. The van der Waals surface area contributed by atoms with Crippen LogP contribution in [0.25, 0.3) is 11.2 Å². The van der Waals surface area contributed by atoms with Crippen LogP contribution in [0.1, 0.15) is 56.7 Å². The lowest BCUT2D eigenvalue weighted by Crippen LogP contribution is -2.29. The molecular formula is C18H23N7O4. The molecule has 0 bridgehead atoms. The second kappa shape index (κ2) is 7.01. The van der Waals surface area contributed by atoms with Gasteiger partial charge in [-0.2, -0.15) is 4.98 Å². The summed E-state index contributed by atoms with van der Waals surface area (Å²) in [6.07, 6.45) is 1.13. The van der Waals surface area contributed by atoms with Gasteiger partial charge in [0, 0.05) is 12.5 Å². The van der Waals surface area contributed by atoms with Gasteiger partial charge in [-0.15, -0.1) is 0 Å². The third kappa shape index (κ3) is 3.24. The van der Waals surface area contributed by atoms with E-state index in [0.717, 1.165) is 6.54 Å². The van der Waals surface area contributed by atoms with E-state index in [4.69, 9.17) is 9.26 Å². The highest BCUT2D eigenvalue weighted by Crippen LogP contribution is 2.39. The molecule has 0 spiro atoms. The number of fused-ring (bicyclic) bond motifs is 1. The monoisotopic (exact) mass is 401 g/mol. The molecule has 1 aliphatic heterocycles. The Balaban J connectivity index is 1.42. The Morgan fingerprint density at radius 3 is 2.76 bits per heavy atom. The number of aliphatic hydroxyl groups excluding tert-OH is 2. The molecule has 29 heavy (non-hydrogen) atoms. The number of imidazole rings is 1. The maximum Gasteiger partial charge on any atom is 0.258 e. The normalized spacial score (nSPS) is 27.2. The Labute approximate surface area is 166 Å². The fourth-order valence-corrected chi connectivity index (χ4v) is 3.42. The van der Waals surface area contributed by atoms with Gasteiger partial charge in [-0.1, -0.05) is 19.0 Å². The summed E-state index contributed by atoms with van der Waals surface area (Å²) in [5, 5.41) is 28.4. The molecule has 11 heteroatoms. The van der Waals surface area contributed by atoms with Crippen molar-refractivity contribution in [1.82, 2.24) is 29.7 Å². The van der Waals surface area contributed by atoms with Crippen molar-refractivity contribution in [1.29, 1.82) is 0 Å². The number of hydrogen-bond acceptors (Lipinski definition) is 10. The minimum Gasteiger partial charge on any atom is -0.387 e. The van der Waals surface area contributed by atoms with Crippen molar-refractivity contribution in [3.05, 3.63) is 24.4 Å². The number of nitrogens with one attached hydrogen (secondary N) is 1. The van der Waals surface area contributed by atoms with Crippen LogP contribution in [0.3, 0.4) is 0 Å². The zero-order valence-corrected chi connectivity index (χ0v) is 16.1. The van der Waals surface area contributed by atoms with Gasteiger partial charge in [0.25, 0.3) is 5.89 Å². The van der Waals surface area contributed by atoms with Crippen LogP contribution < -0.4 is 5.32 Å². The number of aliphatic hydroxyl groups is 2. The van der Waals surface area contributed by atoms with Crippen LogP contribution >= 0.6 is 0 Å². The average Bonchev–Trinajstić information content (AvgIpc) is 3.11. The number of rotatable bonds is 6. The van der Waals surface area contributed by atoms with E-state index in [-0.39, 0.29) is 11.8 Å². The molecule has 0 unspecified atom stereocenters. The minimum atomic E-state index is -1.23. The molecule has 1 saturated heterocycles. The molecule has 154 valence electrons. The summed E-state index contributed by atoms with van der Waals surface area (Å²) in [4.78, 5) is 17.3. The van der Waals surface area contributed by atoms with Crippen LogP contribution in [0.15, 0.2) is 17.2 Å². The summed E-state index contributed by atoms with van der Waals surface area (Å²) in [5.41, 5.74) is 1.09. The van der Waals surface area contributed by atoms with Gasteiger partial charge in [0.05, 0.1) is 6.33 Å². The lowest BCUT2D eigenvalue weighted by atomic mass is 10.1. The summed E-state index contributed by atoms with van der Waals surface area (Å²) in [6.45, 7) is 4.71. The summed E-state index contributed by atoms with van der Waals surface area (Å²) in [7, 11) is 0. The zero-order valence-electron chi connectivity index (χ0n) is 16.1. The molecule has 0 radical (unpaired) electrons. The average molecular weight is 401 g/mol. The van der Waals surface area contributed by atoms with Gasteiger partial charge in [-0.25, -0.2) is 15.0 Å². The molecule has 3 N–H and O–H groups in total. The molecule has 1 aliphatic carbocycles. The minimum absolute atomic E-state index is 0.0719. The van der Waals surface area contributed by atoms with Crippen molar-refractivity contribution in [2.24, 2.45) is 5.92 Å². The van der Waals surface area contributed by atoms with Crippen LogP contribution in [0.5, 0.6) is 0 Å². The van der Waals surface area contributed by atoms with Gasteiger partial charge in [-0.05, 0) is 18.8 Å². The van der Waals surface area contributed by atoms with Crippen LogP contribution in [-0.4, -0.2) is 58.6 Å². The number of ether oxygens (including phenoxy) is 1. The number of nitrogens with zero attached hydrogens (tertiary/aromatic N) is 6. The fourth-order valence-electron chi connectivity index (χ4n) is 3.42. The van der Waals surface area contributed by atoms with E-state index in [0.29, 0.717) is 28.7 Å². The summed E-state index contributed by atoms with van der Waals surface area (Å²) < 4.78 is 12.7. The van der Waals surface area contributed by atoms with Crippen LogP contribution in [0.2, 0.25) is 0 Å². The topological polar surface area (TPSA) is 144 Å². The first-order valence-corrected chi connectivity index (χ1v) is 9.79. The predicted molar refractivity (Wildman–Crippen MR) is 99.8 cm³/mol. The Kier molecular flexibility index (Phi) is 4.45. The smallest absolute Gasteiger partial charge is 0.258 e. The van der Waals surface area contributed by atoms with Crippen molar-refractivity contribution in [2.45, 2.75) is 57.1 Å². The van der Waals surface area contributed by atoms with Crippen molar-refractivity contribution >= 4 is 17.0 Å². The summed E-state index contributed by atoms with van der Waals surface area (Å²) >= 11 is 0. The third-order valence-electron chi connectivity index (χ3n) is 5.34. The predicted octanol–water partition coefficient (Wildman–Crippen LogP) is 1.15. The first kappa shape index (κ1) is 18.4.